The number of sulfone groups is 1. The Kier molecular flexibility index (Phi) is 13.7. The minimum Gasteiger partial charge on any atom is -0.370 e. The average Bonchev–Trinajstić information content (AvgIpc) is 2.46. The molecule has 22 heavy (non-hydrogen) atoms. The lowest BCUT2D eigenvalue weighted by Crippen LogP contribution is -2.19. The van der Waals surface area contributed by atoms with Gasteiger partial charge in [0, 0.05) is 6.42 Å². The van der Waals surface area contributed by atoms with E-state index in [0.29, 0.717) is 6.42 Å². The highest BCUT2D eigenvalue weighted by atomic mass is 32.2. The zero-order valence-electron chi connectivity index (χ0n) is 14.3. The number of unbranched alkanes of at least 4 members (excludes halogenated alkanes) is 11. The van der Waals surface area contributed by atoms with Crippen molar-refractivity contribution in [1.82, 2.24) is 0 Å². The van der Waals surface area contributed by atoms with E-state index in [1.165, 1.54) is 57.8 Å². The van der Waals surface area contributed by atoms with E-state index in [4.69, 9.17) is 5.73 Å². The molecule has 0 atom stereocenters. The number of amides is 1. The minimum absolute atomic E-state index is 0.0550. The third kappa shape index (κ3) is 15.8. The second-order valence-corrected chi connectivity index (χ2v) is 8.56. The van der Waals surface area contributed by atoms with E-state index < -0.39 is 15.7 Å². The molecule has 2 N–H and O–H groups in total. The summed E-state index contributed by atoms with van der Waals surface area (Å²) in [5.41, 5.74) is 4.96. The van der Waals surface area contributed by atoms with Gasteiger partial charge in [0.1, 0.15) is 0 Å². The number of nitrogens with two attached hydrogens (primary N) is 1. The summed E-state index contributed by atoms with van der Waals surface area (Å²) >= 11 is 0. The smallest absolute Gasteiger partial charge is 0.218 e. The molecular weight excluding hydrogens is 298 g/mol. The van der Waals surface area contributed by atoms with Crippen molar-refractivity contribution in [3.63, 3.8) is 0 Å². The molecule has 0 bridgehead atoms. The Hall–Kier alpha value is -0.580. The van der Waals surface area contributed by atoms with Gasteiger partial charge in [-0.3, -0.25) is 4.79 Å². The maximum absolute atomic E-state index is 11.6. The van der Waals surface area contributed by atoms with Crippen LogP contribution in [0.25, 0.3) is 0 Å². The van der Waals surface area contributed by atoms with E-state index in [0.717, 1.165) is 12.8 Å². The number of hydrogen-bond acceptors (Lipinski definition) is 3. The second kappa shape index (κ2) is 14.0. The molecule has 4 nitrogen and oxygen atoms in total. The summed E-state index contributed by atoms with van der Waals surface area (Å²) in [7, 11) is -3.09. The first kappa shape index (κ1) is 21.4. The fraction of sp³-hybridized carbons (Fsp3) is 0.941. The van der Waals surface area contributed by atoms with Gasteiger partial charge in [-0.15, -0.1) is 0 Å². The zero-order valence-corrected chi connectivity index (χ0v) is 15.1. The van der Waals surface area contributed by atoms with Crippen molar-refractivity contribution >= 4 is 15.7 Å². The van der Waals surface area contributed by atoms with Gasteiger partial charge in [0.15, 0.2) is 9.84 Å². The van der Waals surface area contributed by atoms with Gasteiger partial charge in [-0.25, -0.2) is 8.42 Å². The molecule has 0 heterocycles. The Labute approximate surface area is 137 Å². The van der Waals surface area contributed by atoms with Gasteiger partial charge in [0.2, 0.25) is 5.91 Å². The Morgan fingerprint density at radius 3 is 1.55 bits per heavy atom. The summed E-state index contributed by atoms with van der Waals surface area (Å²) in [6, 6.07) is 0. The monoisotopic (exact) mass is 333 g/mol. The fourth-order valence-corrected chi connectivity index (χ4v) is 3.88. The first-order chi connectivity index (χ1) is 10.5. The molecule has 0 unspecified atom stereocenters. The van der Waals surface area contributed by atoms with Crippen molar-refractivity contribution in [1.29, 1.82) is 0 Å². The molecule has 0 spiro atoms. The Morgan fingerprint density at radius 1 is 0.727 bits per heavy atom. The summed E-state index contributed by atoms with van der Waals surface area (Å²) in [6.07, 6.45) is 14.6. The van der Waals surface area contributed by atoms with Gasteiger partial charge in [0.05, 0.1) is 11.5 Å². The van der Waals surface area contributed by atoms with Crippen molar-refractivity contribution in [2.45, 2.75) is 90.4 Å². The molecule has 0 aromatic rings. The van der Waals surface area contributed by atoms with E-state index in [9.17, 15) is 13.2 Å². The predicted molar refractivity (Wildman–Crippen MR) is 93.5 cm³/mol. The number of hydrogen-bond donors (Lipinski definition) is 1. The van der Waals surface area contributed by atoms with Crippen LogP contribution in [0, 0.1) is 0 Å². The Bertz CT molecular complexity index is 366. The summed E-state index contributed by atoms with van der Waals surface area (Å²) in [5.74, 6) is -0.448. The maximum atomic E-state index is 11.6. The number of carbonyl (C=O) groups is 1. The molecule has 0 saturated carbocycles. The molecule has 132 valence electrons. The van der Waals surface area contributed by atoms with Crippen LogP contribution in [0.1, 0.15) is 90.4 Å². The fourth-order valence-electron chi connectivity index (χ4n) is 2.52. The van der Waals surface area contributed by atoms with Crippen LogP contribution >= 0.6 is 0 Å². The molecule has 0 aliphatic heterocycles. The van der Waals surface area contributed by atoms with Gasteiger partial charge in [-0.05, 0) is 6.42 Å². The standard InChI is InChI=1S/C17H35NO3S/c1-2-3-4-5-6-7-8-9-10-11-12-13-15-22(20,21)16-14-17(18)19/h2-16H2,1H3,(H2,18,19). The molecule has 0 aliphatic rings. The number of carbonyl (C=O) groups excluding carboxylic acids is 1. The van der Waals surface area contributed by atoms with Crippen molar-refractivity contribution in [2.75, 3.05) is 11.5 Å². The Morgan fingerprint density at radius 2 is 1.14 bits per heavy atom. The minimum atomic E-state index is -3.09. The van der Waals surface area contributed by atoms with E-state index in [1.807, 2.05) is 0 Å². The van der Waals surface area contributed by atoms with Crippen LogP contribution in [0.2, 0.25) is 0 Å². The van der Waals surface area contributed by atoms with E-state index in [2.05, 4.69) is 6.92 Å². The van der Waals surface area contributed by atoms with Gasteiger partial charge in [-0.1, -0.05) is 77.6 Å². The molecule has 0 aromatic carbocycles. The quantitative estimate of drug-likeness (QED) is 0.434. The van der Waals surface area contributed by atoms with Crippen molar-refractivity contribution in [3.05, 3.63) is 0 Å². The second-order valence-electron chi connectivity index (χ2n) is 6.26. The van der Waals surface area contributed by atoms with Crippen LogP contribution in [0.5, 0.6) is 0 Å². The van der Waals surface area contributed by atoms with Crippen LogP contribution in [-0.2, 0) is 14.6 Å². The number of rotatable bonds is 16. The van der Waals surface area contributed by atoms with Gasteiger partial charge >= 0.3 is 0 Å². The van der Waals surface area contributed by atoms with Crippen LogP contribution in [0.3, 0.4) is 0 Å². The molecular formula is C17H35NO3S. The number of primary amides is 1. The van der Waals surface area contributed by atoms with Gasteiger partial charge in [0.25, 0.3) is 0 Å². The lowest BCUT2D eigenvalue weighted by atomic mass is 10.1. The van der Waals surface area contributed by atoms with Gasteiger partial charge < -0.3 is 5.73 Å². The molecule has 0 aromatic heterocycles. The van der Waals surface area contributed by atoms with E-state index in [-0.39, 0.29) is 17.9 Å². The molecule has 0 radical (unpaired) electrons. The molecule has 0 fully saturated rings. The van der Waals surface area contributed by atoms with Crippen LogP contribution in [-0.4, -0.2) is 25.8 Å². The van der Waals surface area contributed by atoms with Gasteiger partial charge in [-0.2, -0.15) is 0 Å². The third-order valence-corrected chi connectivity index (χ3v) is 5.71. The molecule has 1 amide bonds. The molecule has 0 rings (SSSR count). The highest BCUT2D eigenvalue weighted by Gasteiger charge is 2.11. The first-order valence-electron chi connectivity index (χ1n) is 8.96. The van der Waals surface area contributed by atoms with E-state index >= 15 is 0 Å². The highest BCUT2D eigenvalue weighted by Crippen LogP contribution is 2.12. The lowest BCUT2D eigenvalue weighted by Gasteiger charge is -2.04. The first-order valence-corrected chi connectivity index (χ1v) is 10.8. The lowest BCUT2D eigenvalue weighted by molar-refractivity contribution is -0.117. The summed E-state index contributed by atoms with van der Waals surface area (Å²) < 4.78 is 23.2. The predicted octanol–water partition coefficient (Wildman–Crippen LogP) is 3.98. The Balaban J connectivity index is 3.31. The normalized spacial score (nSPS) is 11.7. The average molecular weight is 334 g/mol. The molecule has 0 aliphatic carbocycles. The summed E-state index contributed by atoms with van der Waals surface area (Å²) in [4.78, 5) is 10.6. The maximum Gasteiger partial charge on any atom is 0.218 e. The van der Waals surface area contributed by atoms with Crippen LogP contribution in [0.15, 0.2) is 0 Å². The van der Waals surface area contributed by atoms with Crippen molar-refractivity contribution < 1.29 is 13.2 Å². The topological polar surface area (TPSA) is 77.2 Å². The van der Waals surface area contributed by atoms with Crippen LogP contribution in [0.4, 0.5) is 0 Å². The highest BCUT2D eigenvalue weighted by molar-refractivity contribution is 7.91. The summed E-state index contributed by atoms with van der Waals surface area (Å²) in [6.45, 7) is 2.24. The van der Waals surface area contributed by atoms with Crippen molar-refractivity contribution in [2.24, 2.45) is 5.73 Å². The van der Waals surface area contributed by atoms with Crippen molar-refractivity contribution in [3.8, 4) is 0 Å². The summed E-state index contributed by atoms with van der Waals surface area (Å²) in [5, 5.41) is 0. The SMILES string of the molecule is CCCCCCCCCCCCCCS(=O)(=O)CCC(N)=O. The molecule has 0 saturated heterocycles. The largest absolute Gasteiger partial charge is 0.370 e. The zero-order chi connectivity index (χ0) is 16.7. The third-order valence-electron chi connectivity index (χ3n) is 3.97. The van der Waals surface area contributed by atoms with E-state index in [1.54, 1.807) is 0 Å². The molecule has 5 heteroatoms. The van der Waals surface area contributed by atoms with Crippen LogP contribution < -0.4 is 5.73 Å².